The van der Waals surface area contributed by atoms with Gasteiger partial charge in [-0.15, -0.1) is 0 Å². The average molecular weight is 341 g/mol. The van der Waals surface area contributed by atoms with Gasteiger partial charge in [-0.2, -0.15) is 0 Å². The summed E-state index contributed by atoms with van der Waals surface area (Å²) in [5.74, 6) is 0.0770. The van der Waals surface area contributed by atoms with Crippen molar-refractivity contribution >= 4 is 28.9 Å². The predicted molar refractivity (Wildman–Crippen MR) is 90.6 cm³/mol. The number of aryl methyl sites for hydroxylation is 1. The van der Waals surface area contributed by atoms with Crippen molar-refractivity contribution in [2.75, 3.05) is 17.2 Å². The predicted octanol–water partition coefficient (Wildman–Crippen LogP) is 2.50. The fourth-order valence-corrected chi connectivity index (χ4v) is 2.49. The van der Waals surface area contributed by atoms with Gasteiger partial charge in [0.15, 0.2) is 6.61 Å². The number of carbonyl (C=O) groups is 2. The number of amides is 2. The summed E-state index contributed by atoms with van der Waals surface area (Å²) < 4.78 is 5.45. The van der Waals surface area contributed by atoms with E-state index in [1.165, 1.54) is 18.2 Å². The highest BCUT2D eigenvalue weighted by Gasteiger charge is 2.15. The molecular weight excluding hydrogens is 326 g/mol. The van der Waals surface area contributed by atoms with Gasteiger partial charge in [0, 0.05) is 29.9 Å². The molecule has 0 fully saturated rings. The minimum Gasteiger partial charge on any atom is -0.484 e. The maximum Gasteiger partial charge on any atom is 0.271 e. The molecule has 0 saturated heterocycles. The molecule has 2 aromatic rings. The molecule has 1 heterocycles. The van der Waals surface area contributed by atoms with Crippen LogP contribution in [-0.4, -0.2) is 23.3 Å². The number of anilines is 2. The van der Waals surface area contributed by atoms with E-state index in [9.17, 15) is 19.7 Å². The molecule has 128 valence electrons. The van der Waals surface area contributed by atoms with Crippen molar-refractivity contribution in [3.63, 3.8) is 0 Å². The number of rotatable bonds is 5. The molecule has 3 rings (SSSR count). The first-order chi connectivity index (χ1) is 12.0. The molecule has 0 bridgehead atoms. The molecule has 0 atom stereocenters. The molecule has 1 aliphatic heterocycles. The van der Waals surface area contributed by atoms with E-state index >= 15 is 0 Å². The van der Waals surface area contributed by atoms with Gasteiger partial charge in [0.05, 0.1) is 4.92 Å². The Bertz CT molecular complexity index is 850. The monoisotopic (exact) mass is 341 g/mol. The van der Waals surface area contributed by atoms with E-state index in [0.717, 1.165) is 11.3 Å². The first kappa shape index (κ1) is 16.4. The Labute approximate surface area is 142 Å². The summed E-state index contributed by atoms with van der Waals surface area (Å²) >= 11 is 0. The summed E-state index contributed by atoms with van der Waals surface area (Å²) in [5.41, 5.74) is 1.94. The van der Waals surface area contributed by atoms with Gasteiger partial charge in [0.1, 0.15) is 5.75 Å². The lowest BCUT2D eigenvalue weighted by molar-refractivity contribution is -0.384. The number of fused-ring (bicyclic) bond motifs is 1. The van der Waals surface area contributed by atoms with E-state index in [0.29, 0.717) is 24.3 Å². The van der Waals surface area contributed by atoms with Gasteiger partial charge >= 0.3 is 0 Å². The number of carbonyl (C=O) groups excluding carboxylic acids is 2. The molecule has 25 heavy (non-hydrogen) atoms. The Kier molecular flexibility index (Phi) is 4.60. The molecule has 0 unspecified atom stereocenters. The van der Waals surface area contributed by atoms with Gasteiger partial charge in [0.25, 0.3) is 11.6 Å². The van der Waals surface area contributed by atoms with Crippen molar-refractivity contribution in [3.8, 4) is 5.75 Å². The Morgan fingerprint density at radius 2 is 2.08 bits per heavy atom. The fraction of sp³-hybridized carbons (Fsp3) is 0.176. The van der Waals surface area contributed by atoms with E-state index in [1.807, 2.05) is 0 Å². The highest BCUT2D eigenvalue weighted by atomic mass is 16.6. The summed E-state index contributed by atoms with van der Waals surface area (Å²) in [6.07, 6.45) is 1.04. The van der Waals surface area contributed by atoms with E-state index in [-0.39, 0.29) is 18.2 Å². The maximum absolute atomic E-state index is 11.9. The molecule has 0 radical (unpaired) electrons. The third-order valence-corrected chi connectivity index (χ3v) is 3.68. The number of nitro groups is 1. The van der Waals surface area contributed by atoms with Crippen LogP contribution in [-0.2, 0) is 16.0 Å². The highest BCUT2D eigenvalue weighted by Crippen LogP contribution is 2.26. The van der Waals surface area contributed by atoms with Crippen LogP contribution in [0.1, 0.15) is 12.0 Å². The second kappa shape index (κ2) is 7.00. The van der Waals surface area contributed by atoms with Crippen LogP contribution in [0.4, 0.5) is 17.1 Å². The number of non-ortho nitro benzene ring substituents is 1. The van der Waals surface area contributed by atoms with Gasteiger partial charge < -0.3 is 15.4 Å². The zero-order valence-corrected chi connectivity index (χ0v) is 13.2. The molecule has 0 spiro atoms. The van der Waals surface area contributed by atoms with Crippen LogP contribution < -0.4 is 15.4 Å². The van der Waals surface area contributed by atoms with Gasteiger partial charge in [0.2, 0.25) is 5.91 Å². The van der Waals surface area contributed by atoms with E-state index in [4.69, 9.17) is 4.74 Å². The lowest BCUT2D eigenvalue weighted by Crippen LogP contribution is -2.21. The Balaban J connectivity index is 1.58. The maximum atomic E-state index is 11.9. The van der Waals surface area contributed by atoms with Gasteiger partial charge in [-0.1, -0.05) is 6.07 Å². The lowest BCUT2D eigenvalue weighted by atomic mass is 10.0. The number of hydrogen-bond donors (Lipinski definition) is 2. The summed E-state index contributed by atoms with van der Waals surface area (Å²) in [7, 11) is 0. The number of ether oxygens (including phenoxy) is 1. The van der Waals surface area contributed by atoms with Crippen molar-refractivity contribution in [1.82, 2.24) is 0 Å². The molecule has 0 aromatic heterocycles. The lowest BCUT2D eigenvalue weighted by Gasteiger charge is -2.17. The first-order valence-corrected chi connectivity index (χ1v) is 7.61. The summed E-state index contributed by atoms with van der Waals surface area (Å²) in [6.45, 7) is -0.228. The van der Waals surface area contributed by atoms with Crippen molar-refractivity contribution in [2.45, 2.75) is 12.8 Å². The highest BCUT2D eigenvalue weighted by molar-refractivity contribution is 5.94. The van der Waals surface area contributed by atoms with Gasteiger partial charge in [-0.05, 0) is 36.2 Å². The molecule has 2 amide bonds. The Morgan fingerprint density at radius 3 is 2.88 bits per heavy atom. The minimum absolute atomic E-state index is 0.0162. The quantitative estimate of drug-likeness (QED) is 0.641. The van der Waals surface area contributed by atoms with Crippen molar-refractivity contribution in [1.29, 1.82) is 0 Å². The van der Waals surface area contributed by atoms with Crippen LogP contribution in [0.3, 0.4) is 0 Å². The summed E-state index contributed by atoms with van der Waals surface area (Å²) in [4.78, 5) is 33.5. The summed E-state index contributed by atoms with van der Waals surface area (Å²) in [5, 5.41) is 16.0. The molecule has 2 N–H and O–H groups in total. The van der Waals surface area contributed by atoms with Crippen LogP contribution in [0.5, 0.6) is 5.75 Å². The van der Waals surface area contributed by atoms with Crippen LogP contribution in [0.15, 0.2) is 42.5 Å². The minimum atomic E-state index is -0.530. The standard InChI is InChI=1S/C17H15N3O5/c21-16-7-4-11-8-14(5-6-15(11)19-16)25-10-17(22)18-12-2-1-3-13(9-12)20(23)24/h1-3,5-6,8-9H,4,7,10H2,(H,18,22)(H,19,21). The topological polar surface area (TPSA) is 111 Å². The second-order valence-corrected chi connectivity index (χ2v) is 5.51. The first-order valence-electron chi connectivity index (χ1n) is 7.61. The second-order valence-electron chi connectivity index (χ2n) is 5.51. The molecule has 8 heteroatoms. The van der Waals surface area contributed by atoms with Crippen LogP contribution >= 0.6 is 0 Å². The van der Waals surface area contributed by atoms with E-state index in [1.54, 1.807) is 24.3 Å². The molecule has 1 aliphatic rings. The average Bonchev–Trinajstić information content (AvgIpc) is 2.60. The smallest absolute Gasteiger partial charge is 0.271 e. The third-order valence-electron chi connectivity index (χ3n) is 3.68. The number of nitrogens with one attached hydrogen (secondary N) is 2. The normalized spacial score (nSPS) is 12.7. The largest absolute Gasteiger partial charge is 0.484 e. The number of nitrogens with zero attached hydrogens (tertiary/aromatic N) is 1. The van der Waals surface area contributed by atoms with Crippen LogP contribution in [0.25, 0.3) is 0 Å². The molecular formula is C17H15N3O5. The van der Waals surface area contributed by atoms with E-state index in [2.05, 4.69) is 10.6 Å². The number of hydrogen-bond acceptors (Lipinski definition) is 5. The molecule has 8 nitrogen and oxygen atoms in total. The number of nitro benzene ring substituents is 1. The molecule has 0 saturated carbocycles. The van der Waals surface area contributed by atoms with Crippen LogP contribution in [0.2, 0.25) is 0 Å². The van der Waals surface area contributed by atoms with Gasteiger partial charge in [-0.25, -0.2) is 0 Å². The zero-order valence-electron chi connectivity index (χ0n) is 13.2. The zero-order chi connectivity index (χ0) is 17.8. The Morgan fingerprint density at radius 1 is 1.24 bits per heavy atom. The molecule has 2 aromatic carbocycles. The van der Waals surface area contributed by atoms with Crippen molar-refractivity contribution in [3.05, 3.63) is 58.1 Å². The van der Waals surface area contributed by atoms with Crippen molar-refractivity contribution in [2.24, 2.45) is 0 Å². The fourth-order valence-electron chi connectivity index (χ4n) is 2.49. The molecule has 0 aliphatic carbocycles. The summed E-state index contributed by atoms with van der Waals surface area (Å²) in [6, 6.07) is 10.9. The van der Waals surface area contributed by atoms with Crippen LogP contribution in [0, 0.1) is 10.1 Å². The SMILES string of the molecule is O=C(COc1ccc2c(c1)CCC(=O)N2)Nc1cccc([N+](=O)[O-])c1. The van der Waals surface area contributed by atoms with E-state index < -0.39 is 10.8 Å². The number of benzene rings is 2. The third kappa shape index (κ3) is 4.11. The van der Waals surface area contributed by atoms with Crippen molar-refractivity contribution < 1.29 is 19.2 Å². The Hall–Kier alpha value is -3.42. The van der Waals surface area contributed by atoms with Gasteiger partial charge in [-0.3, -0.25) is 19.7 Å².